The fraction of sp³-hybridized carbons (Fsp3) is 0.273. The fourth-order valence-electron chi connectivity index (χ4n) is 1.25. The maximum Gasteiger partial charge on any atom is 0.205 e. The first kappa shape index (κ1) is 13.2. The second-order valence-corrected chi connectivity index (χ2v) is 5.51. The van der Waals surface area contributed by atoms with E-state index in [1.165, 1.54) is 29.2 Å². The molecule has 0 unspecified atom stereocenters. The zero-order valence-corrected chi connectivity index (χ0v) is 11.2. The van der Waals surface area contributed by atoms with Gasteiger partial charge in [-0.3, -0.25) is 0 Å². The Hall–Kier alpha value is -1.21. The first-order chi connectivity index (χ1) is 8.69. The highest BCUT2D eigenvalue weighted by Gasteiger charge is 2.06. The molecular weight excluding hydrogens is 276 g/mol. The SMILES string of the molecule is CCNc1nnc(CSc2ccc(F)c(F)c2)s1. The van der Waals surface area contributed by atoms with Crippen LogP contribution in [0.2, 0.25) is 0 Å². The molecule has 0 atom stereocenters. The molecule has 0 amide bonds. The summed E-state index contributed by atoms with van der Waals surface area (Å²) in [6.07, 6.45) is 0. The van der Waals surface area contributed by atoms with Crippen LogP contribution in [-0.4, -0.2) is 16.7 Å². The minimum absolute atomic E-state index is 0.591. The van der Waals surface area contributed by atoms with Crippen molar-refractivity contribution in [2.45, 2.75) is 17.6 Å². The molecule has 1 aromatic heterocycles. The fourth-order valence-corrected chi connectivity index (χ4v) is 2.96. The number of thioether (sulfide) groups is 1. The summed E-state index contributed by atoms with van der Waals surface area (Å²) in [5, 5.41) is 12.7. The van der Waals surface area contributed by atoms with E-state index >= 15 is 0 Å². The van der Waals surface area contributed by atoms with Crippen molar-refractivity contribution < 1.29 is 8.78 Å². The number of rotatable bonds is 5. The zero-order chi connectivity index (χ0) is 13.0. The molecule has 2 rings (SSSR count). The monoisotopic (exact) mass is 287 g/mol. The lowest BCUT2D eigenvalue weighted by molar-refractivity contribution is 0.506. The largest absolute Gasteiger partial charge is 0.360 e. The molecule has 0 fully saturated rings. The summed E-state index contributed by atoms with van der Waals surface area (Å²) in [6, 6.07) is 3.86. The molecule has 0 saturated heterocycles. The lowest BCUT2D eigenvalue weighted by atomic mass is 10.3. The minimum Gasteiger partial charge on any atom is -0.360 e. The molecular formula is C11H11F2N3S2. The van der Waals surface area contributed by atoms with Crippen LogP contribution in [0.5, 0.6) is 0 Å². The highest BCUT2D eigenvalue weighted by molar-refractivity contribution is 7.98. The van der Waals surface area contributed by atoms with Crippen LogP contribution in [0.25, 0.3) is 0 Å². The lowest BCUT2D eigenvalue weighted by Gasteiger charge is -1.99. The van der Waals surface area contributed by atoms with Crippen molar-refractivity contribution in [3.8, 4) is 0 Å². The van der Waals surface area contributed by atoms with Gasteiger partial charge in [-0.15, -0.1) is 22.0 Å². The van der Waals surface area contributed by atoms with Gasteiger partial charge in [0.2, 0.25) is 5.13 Å². The van der Waals surface area contributed by atoms with Crippen LogP contribution >= 0.6 is 23.1 Å². The number of hydrogen-bond donors (Lipinski definition) is 1. The first-order valence-corrected chi connectivity index (χ1v) is 7.13. The van der Waals surface area contributed by atoms with Crippen molar-refractivity contribution >= 4 is 28.2 Å². The van der Waals surface area contributed by atoms with E-state index in [1.807, 2.05) is 6.92 Å². The van der Waals surface area contributed by atoms with Gasteiger partial charge in [0.05, 0.1) is 5.75 Å². The Morgan fingerprint density at radius 2 is 2.11 bits per heavy atom. The molecule has 0 bridgehead atoms. The first-order valence-electron chi connectivity index (χ1n) is 5.33. The summed E-state index contributed by atoms with van der Waals surface area (Å²) in [4.78, 5) is 0.675. The predicted octanol–water partition coefficient (Wildman–Crippen LogP) is 3.54. The Labute approximate surface area is 112 Å². The summed E-state index contributed by atoms with van der Waals surface area (Å²) in [6.45, 7) is 2.78. The second-order valence-electron chi connectivity index (χ2n) is 3.40. The summed E-state index contributed by atoms with van der Waals surface area (Å²) in [7, 11) is 0. The van der Waals surface area contributed by atoms with Crippen molar-refractivity contribution in [1.82, 2.24) is 10.2 Å². The van der Waals surface area contributed by atoms with E-state index in [-0.39, 0.29) is 0 Å². The molecule has 96 valence electrons. The van der Waals surface area contributed by atoms with Crippen LogP contribution < -0.4 is 5.32 Å². The highest BCUT2D eigenvalue weighted by Crippen LogP contribution is 2.26. The van der Waals surface area contributed by atoms with Gasteiger partial charge in [-0.25, -0.2) is 8.78 Å². The molecule has 0 aliphatic carbocycles. The van der Waals surface area contributed by atoms with Crippen LogP contribution in [0.15, 0.2) is 23.1 Å². The van der Waals surface area contributed by atoms with E-state index in [9.17, 15) is 8.78 Å². The van der Waals surface area contributed by atoms with Gasteiger partial charge < -0.3 is 5.32 Å². The van der Waals surface area contributed by atoms with Crippen LogP contribution in [0.3, 0.4) is 0 Å². The Morgan fingerprint density at radius 1 is 1.28 bits per heavy atom. The van der Waals surface area contributed by atoms with E-state index in [0.717, 1.165) is 22.8 Å². The average Bonchev–Trinajstić information content (AvgIpc) is 2.79. The maximum absolute atomic E-state index is 13.0. The summed E-state index contributed by atoms with van der Waals surface area (Å²) in [5.74, 6) is -1.07. The Balaban J connectivity index is 1.95. The third-order valence-electron chi connectivity index (χ3n) is 2.05. The van der Waals surface area contributed by atoms with Gasteiger partial charge in [-0.05, 0) is 25.1 Å². The number of nitrogens with zero attached hydrogens (tertiary/aromatic N) is 2. The van der Waals surface area contributed by atoms with E-state index in [1.54, 1.807) is 6.07 Å². The topological polar surface area (TPSA) is 37.8 Å². The lowest BCUT2D eigenvalue weighted by Crippen LogP contribution is -1.94. The molecule has 1 N–H and O–H groups in total. The van der Waals surface area contributed by atoms with Gasteiger partial charge in [-0.2, -0.15) is 0 Å². The van der Waals surface area contributed by atoms with Crippen molar-refractivity contribution in [2.24, 2.45) is 0 Å². The van der Waals surface area contributed by atoms with Gasteiger partial charge in [-0.1, -0.05) is 11.3 Å². The molecule has 0 spiro atoms. The van der Waals surface area contributed by atoms with Crippen LogP contribution in [0.4, 0.5) is 13.9 Å². The predicted molar refractivity (Wildman–Crippen MR) is 70.0 cm³/mol. The molecule has 7 heteroatoms. The van der Waals surface area contributed by atoms with Crippen LogP contribution in [0, 0.1) is 11.6 Å². The van der Waals surface area contributed by atoms with E-state index in [4.69, 9.17) is 0 Å². The highest BCUT2D eigenvalue weighted by atomic mass is 32.2. The summed E-state index contributed by atoms with van der Waals surface area (Å²) in [5.41, 5.74) is 0. The molecule has 0 aliphatic heterocycles. The Kier molecular flexibility index (Phi) is 4.48. The number of nitrogens with one attached hydrogen (secondary N) is 1. The third-order valence-corrected chi connectivity index (χ3v) is 4.12. The van der Waals surface area contributed by atoms with E-state index < -0.39 is 11.6 Å². The zero-order valence-electron chi connectivity index (χ0n) is 9.61. The average molecular weight is 287 g/mol. The quantitative estimate of drug-likeness (QED) is 0.854. The normalized spacial score (nSPS) is 10.6. The smallest absolute Gasteiger partial charge is 0.205 e. The standard InChI is InChI=1S/C11H11F2N3S2/c1-2-14-11-16-15-10(18-11)6-17-7-3-4-8(12)9(13)5-7/h3-5H,2,6H2,1H3,(H,14,16). The van der Waals surface area contributed by atoms with E-state index in [2.05, 4.69) is 15.5 Å². The van der Waals surface area contributed by atoms with Crippen molar-refractivity contribution in [3.63, 3.8) is 0 Å². The molecule has 1 aromatic carbocycles. The van der Waals surface area contributed by atoms with Gasteiger partial charge in [0.25, 0.3) is 0 Å². The molecule has 18 heavy (non-hydrogen) atoms. The van der Waals surface area contributed by atoms with E-state index in [0.29, 0.717) is 10.6 Å². The number of hydrogen-bond acceptors (Lipinski definition) is 5. The van der Waals surface area contributed by atoms with Crippen molar-refractivity contribution in [3.05, 3.63) is 34.8 Å². The van der Waals surface area contributed by atoms with Crippen molar-refractivity contribution in [2.75, 3.05) is 11.9 Å². The number of aromatic nitrogens is 2. The molecule has 1 heterocycles. The third kappa shape index (κ3) is 3.39. The maximum atomic E-state index is 13.0. The van der Waals surface area contributed by atoms with Crippen LogP contribution in [0.1, 0.15) is 11.9 Å². The number of benzene rings is 1. The number of halogens is 2. The second kappa shape index (κ2) is 6.10. The van der Waals surface area contributed by atoms with Gasteiger partial charge in [0.15, 0.2) is 11.6 Å². The molecule has 0 saturated carbocycles. The molecule has 2 aromatic rings. The molecule has 0 aliphatic rings. The molecule has 0 radical (unpaired) electrons. The van der Waals surface area contributed by atoms with Gasteiger partial charge >= 0.3 is 0 Å². The summed E-state index contributed by atoms with van der Waals surface area (Å²) < 4.78 is 25.7. The van der Waals surface area contributed by atoms with Gasteiger partial charge in [0.1, 0.15) is 5.01 Å². The van der Waals surface area contributed by atoms with Crippen LogP contribution in [-0.2, 0) is 5.75 Å². The van der Waals surface area contributed by atoms with Crippen molar-refractivity contribution in [1.29, 1.82) is 0 Å². The molecule has 3 nitrogen and oxygen atoms in total. The number of anilines is 1. The summed E-state index contributed by atoms with van der Waals surface area (Å²) >= 11 is 2.86. The Bertz CT molecular complexity index is 531. The van der Waals surface area contributed by atoms with Gasteiger partial charge in [0, 0.05) is 11.4 Å². The Morgan fingerprint density at radius 3 is 2.83 bits per heavy atom. The minimum atomic E-state index is -0.829.